The molecule has 2 aromatic rings. The number of rotatable bonds is 10. The van der Waals surface area contributed by atoms with Crippen LogP contribution in [0.15, 0.2) is 24.3 Å². The van der Waals surface area contributed by atoms with E-state index in [1.54, 1.807) is 0 Å². The minimum atomic E-state index is -1.00. The first kappa shape index (κ1) is 34.2. The summed E-state index contributed by atoms with van der Waals surface area (Å²) in [7, 11) is 7.26. The molecule has 2 rings (SSSR count). The standard InChI is InChI=1S/C32H51Cl2N2O2P/c1-30(2,3)24-18-22(33)20-26(28(24)37-16-14-35(10)11)39(32(7,8)9)27-21-23(34)19-25(31(4,5)6)29(27)38-17-15-36(12)13/h18-21H,14-17H2,1-13H3. The first-order valence-electron chi connectivity index (χ1n) is 13.8. The van der Waals surface area contributed by atoms with Crippen LogP contribution in [0, 0.1) is 0 Å². The van der Waals surface area contributed by atoms with Crippen LogP contribution in [0.4, 0.5) is 0 Å². The smallest absolute Gasteiger partial charge is 0.131 e. The molecule has 0 aromatic heterocycles. The molecule has 4 nitrogen and oxygen atoms in total. The molecule has 0 saturated carbocycles. The molecule has 0 unspecified atom stereocenters. The van der Waals surface area contributed by atoms with Gasteiger partial charge in [0.2, 0.25) is 0 Å². The summed E-state index contributed by atoms with van der Waals surface area (Å²) in [5.41, 5.74) is 1.94. The Kier molecular flexibility index (Phi) is 11.7. The van der Waals surface area contributed by atoms with Crippen molar-refractivity contribution in [2.24, 2.45) is 0 Å². The van der Waals surface area contributed by atoms with Crippen LogP contribution in [-0.2, 0) is 10.8 Å². The minimum Gasteiger partial charge on any atom is -0.491 e. The van der Waals surface area contributed by atoms with Gasteiger partial charge >= 0.3 is 0 Å². The highest BCUT2D eigenvalue weighted by molar-refractivity contribution is 7.74. The second kappa shape index (κ2) is 13.3. The number of hydrogen-bond acceptors (Lipinski definition) is 4. The van der Waals surface area contributed by atoms with Crippen LogP contribution in [0.2, 0.25) is 10.0 Å². The van der Waals surface area contributed by atoms with Gasteiger partial charge in [0.05, 0.1) is 0 Å². The SMILES string of the molecule is CN(C)CCOc1c(P(c2cc(Cl)cc(C(C)(C)C)c2OCCN(C)C)C(C)(C)C)cc(Cl)cc1C(C)(C)C. The first-order valence-corrected chi connectivity index (χ1v) is 15.9. The molecule has 0 aliphatic heterocycles. The molecule has 0 heterocycles. The number of likely N-dealkylation sites (N-methyl/N-ethyl adjacent to an activating group) is 2. The van der Waals surface area contributed by atoms with Gasteiger partial charge in [-0.25, -0.2) is 0 Å². The molecule has 0 amide bonds. The maximum Gasteiger partial charge on any atom is 0.131 e. The third-order valence-electron chi connectivity index (χ3n) is 6.41. The summed E-state index contributed by atoms with van der Waals surface area (Å²) in [6.45, 7) is 23.0. The van der Waals surface area contributed by atoms with Crippen LogP contribution in [0.3, 0.4) is 0 Å². The Labute approximate surface area is 250 Å². The van der Waals surface area contributed by atoms with E-state index in [4.69, 9.17) is 32.7 Å². The zero-order chi connectivity index (χ0) is 29.9. The average molecular weight is 598 g/mol. The van der Waals surface area contributed by atoms with Gasteiger partial charge in [0.1, 0.15) is 24.7 Å². The Morgan fingerprint density at radius 2 is 0.949 bits per heavy atom. The highest BCUT2D eigenvalue weighted by atomic mass is 35.5. The molecule has 39 heavy (non-hydrogen) atoms. The molecular weight excluding hydrogens is 546 g/mol. The molecule has 0 N–H and O–H groups in total. The molecule has 0 aliphatic rings. The third kappa shape index (κ3) is 9.50. The molecule has 0 bridgehead atoms. The van der Waals surface area contributed by atoms with Crippen molar-refractivity contribution >= 4 is 41.7 Å². The molecule has 2 aromatic carbocycles. The first-order chi connectivity index (χ1) is 17.7. The topological polar surface area (TPSA) is 24.9 Å². The van der Waals surface area contributed by atoms with Gasteiger partial charge in [-0.2, -0.15) is 0 Å². The van der Waals surface area contributed by atoms with Gasteiger partial charge in [-0.1, -0.05) is 85.5 Å². The van der Waals surface area contributed by atoms with Gasteiger partial charge < -0.3 is 19.3 Å². The maximum absolute atomic E-state index is 6.87. The minimum absolute atomic E-state index is 0.131. The number of benzene rings is 2. The van der Waals surface area contributed by atoms with Crippen molar-refractivity contribution < 1.29 is 9.47 Å². The van der Waals surface area contributed by atoms with E-state index in [1.165, 1.54) is 0 Å². The van der Waals surface area contributed by atoms with E-state index in [0.29, 0.717) is 13.2 Å². The van der Waals surface area contributed by atoms with Crippen LogP contribution < -0.4 is 20.1 Å². The maximum atomic E-state index is 6.87. The molecule has 0 radical (unpaired) electrons. The molecule has 0 aliphatic carbocycles. The van der Waals surface area contributed by atoms with Gasteiger partial charge in [0.15, 0.2) is 0 Å². The fraction of sp³-hybridized carbons (Fsp3) is 0.625. The predicted octanol–water partition coefficient (Wildman–Crippen LogP) is 7.70. The quantitative estimate of drug-likeness (QED) is 0.262. The van der Waals surface area contributed by atoms with E-state index in [-0.39, 0.29) is 16.0 Å². The summed E-state index contributed by atoms with van der Waals surface area (Å²) in [6, 6.07) is 8.36. The molecule has 0 fully saturated rings. The largest absolute Gasteiger partial charge is 0.491 e. The van der Waals surface area contributed by atoms with E-state index in [9.17, 15) is 0 Å². The Bertz CT molecular complexity index is 1030. The summed E-state index contributed by atoms with van der Waals surface area (Å²) in [5, 5.41) is 3.58. The van der Waals surface area contributed by atoms with Crippen molar-refractivity contribution in [1.82, 2.24) is 9.80 Å². The summed E-state index contributed by atoms with van der Waals surface area (Å²) < 4.78 is 13.3. The fourth-order valence-corrected chi connectivity index (χ4v) is 8.03. The lowest BCUT2D eigenvalue weighted by molar-refractivity contribution is 0.258. The zero-order valence-corrected chi connectivity index (χ0v) is 29.0. The summed E-state index contributed by atoms with van der Waals surface area (Å²) in [6.07, 6.45) is 0. The van der Waals surface area contributed by atoms with Gasteiger partial charge in [0.25, 0.3) is 0 Å². The normalized spacial score (nSPS) is 13.1. The van der Waals surface area contributed by atoms with Crippen LogP contribution >= 0.6 is 31.1 Å². The second-order valence-corrected chi connectivity index (χ2v) is 17.8. The number of ether oxygens (including phenoxy) is 2. The Hall–Kier alpha value is -1.03. The van der Waals surface area contributed by atoms with Gasteiger partial charge in [-0.05, 0) is 76.4 Å². The predicted molar refractivity (Wildman–Crippen MR) is 174 cm³/mol. The molecule has 0 saturated heterocycles. The van der Waals surface area contributed by atoms with E-state index in [1.807, 2.05) is 0 Å². The Morgan fingerprint density at radius 3 is 1.21 bits per heavy atom. The van der Waals surface area contributed by atoms with Gasteiger partial charge in [0, 0.05) is 44.9 Å². The molecule has 220 valence electrons. The van der Waals surface area contributed by atoms with Crippen LogP contribution in [-0.4, -0.2) is 69.4 Å². The lowest BCUT2D eigenvalue weighted by atomic mass is 9.86. The molecule has 0 spiro atoms. The van der Waals surface area contributed by atoms with Crippen LogP contribution in [0.5, 0.6) is 11.5 Å². The van der Waals surface area contributed by atoms with Crippen molar-refractivity contribution in [2.75, 3.05) is 54.5 Å². The van der Waals surface area contributed by atoms with E-state index < -0.39 is 7.92 Å². The second-order valence-electron chi connectivity index (χ2n) is 13.9. The molecule has 7 heteroatoms. The monoisotopic (exact) mass is 596 g/mol. The zero-order valence-electron chi connectivity index (χ0n) is 26.6. The van der Waals surface area contributed by atoms with Crippen LogP contribution in [0.25, 0.3) is 0 Å². The van der Waals surface area contributed by atoms with Gasteiger partial charge in [-0.15, -0.1) is 0 Å². The Morgan fingerprint density at radius 1 is 0.615 bits per heavy atom. The lowest BCUT2D eigenvalue weighted by Gasteiger charge is -2.37. The summed E-state index contributed by atoms with van der Waals surface area (Å²) >= 11 is 13.7. The Balaban J connectivity index is 2.95. The molecular formula is C32H51Cl2N2O2P. The van der Waals surface area contributed by atoms with Crippen molar-refractivity contribution in [1.29, 1.82) is 0 Å². The van der Waals surface area contributed by atoms with Gasteiger partial charge in [-0.3, -0.25) is 0 Å². The summed E-state index contributed by atoms with van der Waals surface area (Å²) in [4.78, 5) is 4.28. The lowest BCUT2D eigenvalue weighted by Crippen LogP contribution is -2.32. The number of halogens is 2. The van der Waals surface area contributed by atoms with Crippen molar-refractivity contribution in [3.63, 3.8) is 0 Å². The average Bonchev–Trinajstić information content (AvgIpc) is 2.73. The van der Waals surface area contributed by atoms with Crippen molar-refractivity contribution in [2.45, 2.75) is 78.3 Å². The highest BCUT2D eigenvalue weighted by Crippen LogP contribution is 2.54. The third-order valence-corrected chi connectivity index (χ3v) is 9.81. The number of nitrogens with zero attached hydrogens (tertiary/aromatic N) is 2. The van der Waals surface area contributed by atoms with E-state index in [2.05, 4.69) is 125 Å². The molecule has 0 atom stereocenters. The highest BCUT2D eigenvalue weighted by Gasteiger charge is 2.37. The van der Waals surface area contributed by atoms with Crippen molar-refractivity contribution in [3.05, 3.63) is 45.4 Å². The van der Waals surface area contributed by atoms with E-state index in [0.717, 1.165) is 56.4 Å². The number of hydrogen-bond donors (Lipinski definition) is 0. The van der Waals surface area contributed by atoms with Crippen molar-refractivity contribution in [3.8, 4) is 11.5 Å². The van der Waals surface area contributed by atoms with E-state index >= 15 is 0 Å². The van der Waals surface area contributed by atoms with Crippen LogP contribution in [0.1, 0.15) is 73.4 Å². The summed E-state index contributed by atoms with van der Waals surface area (Å²) in [5.74, 6) is 1.87. The fourth-order valence-electron chi connectivity index (χ4n) is 4.42.